The molecule has 0 aliphatic heterocycles. The lowest BCUT2D eigenvalue weighted by molar-refractivity contribution is -0.121. The molecule has 0 unspecified atom stereocenters. The molecule has 0 radical (unpaired) electrons. The minimum absolute atomic E-state index is 0.0571. The number of amides is 2. The maximum Gasteiger partial charge on any atom is 0.269 e. The van der Waals surface area contributed by atoms with Crippen LogP contribution in [0.4, 0.5) is 5.69 Å². The van der Waals surface area contributed by atoms with Crippen LogP contribution in [-0.4, -0.2) is 36.4 Å². The van der Waals surface area contributed by atoms with Gasteiger partial charge in [-0.2, -0.15) is 0 Å². The summed E-state index contributed by atoms with van der Waals surface area (Å²) in [6, 6.07) is 3.50. The molecule has 6 nitrogen and oxygen atoms in total. The van der Waals surface area contributed by atoms with Gasteiger partial charge in [0.05, 0.1) is 0 Å². The van der Waals surface area contributed by atoms with Gasteiger partial charge < -0.3 is 16.0 Å². The van der Waals surface area contributed by atoms with Crippen molar-refractivity contribution < 1.29 is 9.59 Å². The van der Waals surface area contributed by atoms with Crippen molar-refractivity contribution in [3.8, 4) is 0 Å². The summed E-state index contributed by atoms with van der Waals surface area (Å²) >= 11 is 0. The lowest BCUT2D eigenvalue weighted by Gasteiger charge is -2.09. The van der Waals surface area contributed by atoms with E-state index in [1.165, 1.54) is 0 Å². The van der Waals surface area contributed by atoms with Crippen molar-refractivity contribution >= 4 is 17.5 Å². The molecule has 1 aromatic heterocycles. The number of carbonyl (C=O) groups is 2. The predicted octanol–water partition coefficient (Wildman–Crippen LogP) is 1.41. The highest BCUT2D eigenvalue weighted by atomic mass is 16.2. The summed E-state index contributed by atoms with van der Waals surface area (Å²) in [4.78, 5) is 27.5. The number of pyridine rings is 1. The molecule has 0 aliphatic carbocycles. The maximum atomic E-state index is 11.9. The Bertz CT molecular complexity index is 474. The van der Waals surface area contributed by atoms with E-state index in [4.69, 9.17) is 0 Å². The first kappa shape index (κ1) is 16.9. The van der Waals surface area contributed by atoms with Crippen molar-refractivity contribution in [1.82, 2.24) is 15.6 Å². The molecule has 2 amide bonds. The van der Waals surface area contributed by atoms with Crippen molar-refractivity contribution in [2.24, 2.45) is 5.92 Å². The van der Waals surface area contributed by atoms with Gasteiger partial charge in [0.2, 0.25) is 5.91 Å². The molecule has 116 valence electrons. The van der Waals surface area contributed by atoms with E-state index >= 15 is 0 Å². The second-order valence-corrected chi connectivity index (χ2v) is 5.16. The van der Waals surface area contributed by atoms with Crippen molar-refractivity contribution in [2.45, 2.75) is 27.2 Å². The van der Waals surface area contributed by atoms with E-state index in [1.54, 1.807) is 18.3 Å². The zero-order valence-electron chi connectivity index (χ0n) is 12.9. The molecule has 6 heteroatoms. The van der Waals surface area contributed by atoms with E-state index in [0.717, 1.165) is 12.2 Å². The van der Waals surface area contributed by atoms with Gasteiger partial charge >= 0.3 is 0 Å². The van der Waals surface area contributed by atoms with Crippen LogP contribution in [0.2, 0.25) is 0 Å². The van der Waals surface area contributed by atoms with Crippen LogP contribution in [0.15, 0.2) is 18.3 Å². The molecule has 0 bridgehead atoms. The van der Waals surface area contributed by atoms with Crippen LogP contribution in [0.5, 0.6) is 0 Å². The van der Waals surface area contributed by atoms with Gasteiger partial charge in [-0.1, -0.05) is 13.8 Å². The van der Waals surface area contributed by atoms with E-state index < -0.39 is 0 Å². The lowest BCUT2D eigenvalue weighted by Crippen LogP contribution is -2.32. The van der Waals surface area contributed by atoms with Crippen molar-refractivity contribution in [2.75, 3.05) is 25.0 Å². The monoisotopic (exact) mass is 292 g/mol. The third-order valence-corrected chi connectivity index (χ3v) is 2.72. The number of carbonyl (C=O) groups excluding carboxylic acids is 2. The lowest BCUT2D eigenvalue weighted by atomic mass is 10.2. The smallest absolute Gasteiger partial charge is 0.269 e. The number of rotatable bonds is 8. The number of hydrogen-bond donors (Lipinski definition) is 3. The molecule has 21 heavy (non-hydrogen) atoms. The van der Waals surface area contributed by atoms with E-state index in [0.29, 0.717) is 24.7 Å². The summed E-state index contributed by atoms with van der Waals surface area (Å²) in [5.74, 6) is 0.0892. The van der Waals surface area contributed by atoms with Crippen LogP contribution < -0.4 is 16.0 Å². The summed E-state index contributed by atoms with van der Waals surface area (Å²) in [6.45, 7) is 7.78. The Morgan fingerprint density at radius 3 is 2.71 bits per heavy atom. The van der Waals surface area contributed by atoms with Crippen molar-refractivity contribution in [3.05, 3.63) is 24.0 Å². The molecular weight excluding hydrogens is 268 g/mol. The van der Waals surface area contributed by atoms with Gasteiger partial charge in [-0.05, 0) is 25.0 Å². The predicted molar refractivity (Wildman–Crippen MR) is 83.2 cm³/mol. The molecule has 0 aliphatic rings. The average molecular weight is 292 g/mol. The standard InChI is InChI=1S/C15H24N4O2/c1-4-16-12-5-7-17-13(9-12)15(21)18-8-6-14(20)19-10-11(2)3/h5,7,9,11H,4,6,8,10H2,1-3H3,(H,16,17)(H,18,21)(H,19,20). The fourth-order valence-corrected chi connectivity index (χ4v) is 1.66. The summed E-state index contributed by atoms with van der Waals surface area (Å²) in [5, 5.41) is 8.62. The SMILES string of the molecule is CCNc1ccnc(C(=O)NCCC(=O)NCC(C)C)c1. The summed E-state index contributed by atoms with van der Waals surface area (Å²) < 4.78 is 0. The van der Waals surface area contributed by atoms with Crippen molar-refractivity contribution in [3.63, 3.8) is 0 Å². The van der Waals surface area contributed by atoms with Gasteiger partial charge in [0.1, 0.15) is 5.69 Å². The van der Waals surface area contributed by atoms with Gasteiger partial charge in [0.25, 0.3) is 5.91 Å². The highest BCUT2D eigenvalue weighted by Gasteiger charge is 2.08. The molecule has 1 rings (SSSR count). The Morgan fingerprint density at radius 1 is 1.29 bits per heavy atom. The van der Waals surface area contributed by atoms with Crippen molar-refractivity contribution in [1.29, 1.82) is 0 Å². The maximum absolute atomic E-state index is 11.9. The van der Waals surface area contributed by atoms with Crippen LogP contribution in [0.1, 0.15) is 37.7 Å². The summed E-state index contributed by atoms with van der Waals surface area (Å²) in [6.07, 6.45) is 1.85. The molecule has 0 saturated heterocycles. The van der Waals surface area contributed by atoms with E-state index in [9.17, 15) is 9.59 Å². The van der Waals surface area contributed by atoms with Gasteiger partial charge in [-0.15, -0.1) is 0 Å². The van der Waals surface area contributed by atoms with Crippen LogP contribution >= 0.6 is 0 Å². The molecule has 3 N–H and O–H groups in total. The minimum atomic E-state index is -0.272. The molecule has 0 aromatic carbocycles. The second kappa shape index (κ2) is 8.94. The fourth-order valence-electron chi connectivity index (χ4n) is 1.66. The Hall–Kier alpha value is -2.11. The first-order valence-corrected chi connectivity index (χ1v) is 7.27. The van der Waals surface area contributed by atoms with E-state index in [2.05, 4.69) is 20.9 Å². The Kier molecular flexibility index (Phi) is 7.21. The number of aromatic nitrogens is 1. The molecule has 0 saturated carbocycles. The van der Waals surface area contributed by atoms with Gasteiger partial charge in [-0.25, -0.2) is 0 Å². The molecule has 1 heterocycles. The van der Waals surface area contributed by atoms with Crippen LogP contribution in [0.3, 0.4) is 0 Å². The fraction of sp³-hybridized carbons (Fsp3) is 0.533. The third kappa shape index (κ3) is 6.74. The molecule has 1 aromatic rings. The van der Waals surface area contributed by atoms with Gasteiger partial charge in [0.15, 0.2) is 0 Å². The summed E-state index contributed by atoms with van der Waals surface area (Å²) in [5.41, 5.74) is 1.20. The highest BCUT2D eigenvalue weighted by Crippen LogP contribution is 2.07. The zero-order valence-corrected chi connectivity index (χ0v) is 12.9. The molecule has 0 fully saturated rings. The topological polar surface area (TPSA) is 83.1 Å². The second-order valence-electron chi connectivity index (χ2n) is 5.16. The number of anilines is 1. The van der Waals surface area contributed by atoms with Gasteiger partial charge in [0, 0.05) is 37.9 Å². The molecule has 0 spiro atoms. The molecule has 0 atom stereocenters. The largest absolute Gasteiger partial charge is 0.385 e. The average Bonchev–Trinajstić information content (AvgIpc) is 2.45. The molecular formula is C15H24N4O2. The van der Waals surface area contributed by atoms with E-state index in [-0.39, 0.29) is 18.2 Å². The van der Waals surface area contributed by atoms with Crippen LogP contribution in [0, 0.1) is 5.92 Å². The quantitative estimate of drug-likeness (QED) is 0.676. The first-order chi connectivity index (χ1) is 10.0. The van der Waals surface area contributed by atoms with Crippen LogP contribution in [0.25, 0.3) is 0 Å². The number of hydrogen-bond acceptors (Lipinski definition) is 4. The Labute approximate surface area is 125 Å². The Balaban J connectivity index is 2.36. The third-order valence-electron chi connectivity index (χ3n) is 2.72. The first-order valence-electron chi connectivity index (χ1n) is 7.27. The number of nitrogens with zero attached hydrogens (tertiary/aromatic N) is 1. The number of nitrogens with one attached hydrogen (secondary N) is 3. The summed E-state index contributed by atoms with van der Waals surface area (Å²) in [7, 11) is 0. The zero-order chi connectivity index (χ0) is 15.7. The normalized spacial score (nSPS) is 10.3. The van der Waals surface area contributed by atoms with E-state index in [1.807, 2.05) is 20.8 Å². The van der Waals surface area contributed by atoms with Crippen LogP contribution in [-0.2, 0) is 4.79 Å². The minimum Gasteiger partial charge on any atom is -0.385 e. The highest BCUT2D eigenvalue weighted by molar-refractivity contribution is 5.93. The Morgan fingerprint density at radius 2 is 2.05 bits per heavy atom. The van der Waals surface area contributed by atoms with Gasteiger partial charge in [-0.3, -0.25) is 14.6 Å².